The molecule has 0 saturated carbocycles. The van der Waals surface area contributed by atoms with E-state index in [1.54, 1.807) is 0 Å². The van der Waals surface area contributed by atoms with Crippen LogP contribution in [0, 0.1) is 12.7 Å². The second-order valence-electron chi connectivity index (χ2n) is 9.27. The molecular weight excluding hydrogens is 475 g/mol. The lowest BCUT2D eigenvalue weighted by Gasteiger charge is -2.40. The minimum atomic E-state index is -0.292. The van der Waals surface area contributed by atoms with Crippen molar-refractivity contribution in [2.45, 2.75) is 13.0 Å². The molecule has 0 amide bonds. The lowest BCUT2D eigenvalue weighted by molar-refractivity contribution is 0.626. The summed E-state index contributed by atoms with van der Waals surface area (Å²) in [5, 5.41) is 8.41. The monoisotopic (exact) mass is 498 g/mol. The first-order valence-electron chi connectivity index (χ1n) is 12.5. The van der Waals surface area contributed by atoms with Crippen LogP contribution in [-0.2, 0) is 0 Å². The molecule has 2 aliphatic rings. The van der Waals surface area contributed by atoms with E-state index in [1.165, 1.54) is 12.1 Å². The molecule has 6 nitrogen and oxygen atoms in total. The number of nitrogens with zero attached hydrogens (tertiary/aromatic N) is 5. The van der Waals surface area contributed by atoms with E-state index in [-0.39, 0.29) is 11.9 Å². The van der Waals surface area contributed by atoms with E-state index in [2.05, 4.69) is 10.2 Å². The Bertz CT molecular complexity index is 1710. The van der Waals surface area contributed by atoms with E-state index in [0.29, 0.717) is 11.7 Å². The first kappa shape index (κ1) is 22.2. The van der Waals surface area contributed by atoms with Crippen LogP contribution in [0.25, 0.3) is 5.69 Å². The maximum absolute atomic E-state index is 14.0. The Balaban J connectivity index is 1.51. The van der Waals surface area contributed by atoms with E-state index in [1.807, 2.05) is 109 Å². The Kier molecular flexibility index (Phi) is 5.14. The van der Waals surface area contributed by atoms with Crippen LogP contribution < -0.4 is 10.2 Å². The van der Waals surface area contributed by atoms with Crippen molar-refractivity contribution in [2.75, 3.05) is 10.2 Å². The van der Waals surface area contributed by atoms with Gasteiger partial charge in [-0.3, -0.25) is 0 Å². The quantitative estimate of drug-likeness (QED) is 0.288. The van der Waals surface area contributed by atoms with Crippen LogP contribution in [0.4, 0.5) is 27.3 Å². The topological polar surface area (TPSA) is 57.8 Å². The van der Waals surface area contributed by atoms with Crippen molar-refractivity contribution in [3.63, 3.8) is 0 Å². The van der Waals surface area contributed by atoms with Crippen molar-refractivity contribution in [1.29, 1.82) is 0 Å². The second kappa shape index (κ2) is 8.81. The molecule has 4 aromatic carbocycles. The molecule has 38 heavy (non-hydrogen) atoms. The van der Waals surface area contributed by atoms with Gasteiger partial charge in [0.05, 0.1) is 28.8 Å². The van der Waals surface area contributed by atoms with E-state index >= 15 is 0 Å². The van der Waals surface area contributed by atoms with Gasteiger partial charge in [0.1, 0.15) is 5.82 Å². The second-order valence-corrected chi connectivity index (χ2v) is 9.27. The van der Waals surface area contributed by atoms with Crippen LogP contribution in [0.15, 0.2) is 119 Å². The van der Waals surface area contributed by atoms with Crippen molar-refractivity contribution in [3.05, 3.63) is 132 Å². The third-order valence-corrected chi connectivity index (χ3v) is 6.86. The number of hydrogen-bond acceptors (Lipinski definition) is 5. The fourth-order valence-electron chi connectivity index (χ4n) is 5.17. The van der Waals surface area contributed by atoms with E-state index in [0.717, 1.165) is 45.4 Å². The van der Waals surface area contributed by atoms with Crippen LogP contribution in [0.5, 0.6) is 0 Å². The van der Waals surface area contributed by atoms with Gasteiger partial charge in [0.15, 0.2) is 17.5 Å². The number of anilines is 2. The Labute approximate surface area is 219 Å². The smallest absolute Gasteiger partial charge is 0.179 e. The molecule has 1 unspecified atom stereocenters. The van der Waals surface area contributed by atoms with Gasteiger partial charge in [0.2, 0.25) is 0 Å². The van der Waals surface area contributed by atoms with E-state index < -0.39 is 0 Å². The molecule has 0 spiro atoms. The molecule has 7 heteroatoms. The van der Waals surface area contributed by atoms with Gasteiger partial charge >= 0.3 is 0 Å². The van der Waals surface area contributed by atoms with Crippen molar-refractivity contribution in [2.24, 2.45) is 9.98 Å². The van der Waals surface area contributed by atoms with E-state index in [4.69, 9.17) is 15.1 Å². The number of amidine groups is 2. The number of nitrogens with one attached hydrogen (secondary N) is 1. The molecule has 2 aliphatic heterocycles. The summed E-state index contributed by atoms with van der Waals surface area (Å²) in [4.78, 5) is 12.4. The number of halogens is 1. The number of benzene rings is 4. The van der Waals surface area contributed by atoms with Crippen LogP contribution in [0.3, 0.4) is 0 Å². The summed E-state index contributed by atoms with van der Waals surface area (Å²) >= 11 is 0. The third-order valence-electron chi connectivity index (χ3n) is 6.86. The third kappa shape index (κ3) is 3.59. The molecule has 1 aromatic heterocycles. The van der Waals surface area contributed by atoms with Crippen LogP contribution >= 0.6 is 0 Å². The maximum Gasteiger partial charge on any atom is 0.179 e. The van der Waals surface area contributed by atoms with Crippen LogP contribution in [-0.4, -0.2) is 21.5 Å². The average Bonchev–Trinajstić information content (AvgIpc) is 3.29. The summed E-state index contributed by atoms with van der Waals surface area (Å²) in [6, 6.07) is 34.3. The lowest BCUT2D eigenvalue weighted by Crippen LogP contribution is -2.46. The molecule has 0 fully saturated rings. The molecular formula is C31H23FN6. The Morgan fingerprint density at radius 1 is 0.763 bits per heavy atom. The Morgan fingerprint density at radius 2 is 1.45 bits per heavy atom. The summed E-state index contributed by atoms with van der Waals surface area (Å²) in [5.74, 6) is 1.76. The molecule has 0 bridgehead atoms. The number of aliphatic imine (C=N–C) groups is 2. The molecule has 184 valence electrons. The minimum absolute atomic E-state index is 0.276. The predicted molar refractivity (Wildman–Crippen MR) is 150 cm³/mol. The first-order valence-corrected chi connectivity index (χ1v) is 12.5. The van der Waals surface area contributed by atoms with E-state index in [9.17, 15) is 4.39 Å². The highest BCUT2D eigenvalue weighted by atomic mass is 19.1. The first-order chi connectivity index (χ1) is 18.7. The van der Waals surface area contributed by atoms with Crippen molar-refractivity contribution in [1.82, 2.24) is 9.78 Å². The number of aromatic nitrogens is 2. The van der Waals surface area contributed by atoms with Gasteiger partial charge in [0, 0.05) is 11.3 Å². The molecule has 3 heterocycles. The van der Waals surface area contributed by atoms with Crippen LogP contribution in [0.1, 0.15) is 22.9 Å². The molecule has 5 aromatic rings. The van der Waals surface area contributed by atoms with Crippen LogP contribution in [0.2, 0.25) is 0 Å². The van der Waals surface area contributed by atoms with Gasteiger partial charge in [-0.2, -0.15) is 5.10 Å². The van der Waals surface area contributed by atoms with Gasteiger partial charge < -0.3 is 10.2 Å². The van der Waals surface area contributed by atoms with Crippen molar-refractivity contribution >= 4 is 34.6 Å². The van der Waals surface area contributed by atoms with Gasteiger partial charge in [-0.05, 0) is 61.0 Å². The summed E-state index contributed by atoms with van der Waals surface area (Å²) in [6.45, 7) is 2.00. The molecule has 1 N–H and O–H groups in total. The van der Waals surface area contributed by atoms with Crippen molar-refractivity contribution in [3.8, 4) is 5.69 Å². The molecule has 7 rings (SSSR count). The highest BCUT2D eigenvalue weighted by molar-refractivity contribution is 6.51. The largest absolute Gasteiger partial charge is 0.337 e. The predicted octanol–water partition coefficient (Wildman–Crippen LogP) is 7.12. The maximum atomic E-state index is 14.0. The summed E-state index contributed by atoms with van der Waals surface area (Å²) in [5.41, 5.74) is 6.35. The zero-order chi connectivity index (χ0) is 25.6. The summed E-state index contributed by atoms with van der Waals surface area (Å²) in [7, 11) is 0. The van der Waals surface area contributed by atoms with Gasteiger partial charge in [0.25, 0.3) is 0 Å². The lowest BCUT2D eigenvalue weighted by atomic mass is 9.93. The highest BCUT2D eigenvalue weighted by Gasteiger charge is 2.41. The zero-order valence-electron chi connectivity index (χ0n) is 20.6. The summed E-state index contributed by atoms with van der Waals surface area (Å²) < 4.78 is 15.9. The number of aryl methyl sites for hydroxylation is 1. The van der Waals surface area contributed by atoms with Crippen molar-refractivity contribution < 1.29 is 4.39 Å². The minimum Gasteiger partial charge on any atom is -0.337 e. The normalized spacial score (nSPS) is 15.6. The number of para-hydroxylation sites is 4. The fraction of sp³-hybridized carbons (Fsp3) is 0.0645. The number of hydrogen-bond donors (Lipinski definition) is 1. The molecule has 0 saturated heterocycles. The average molecular weight is 499 g/mol. The standard InChI is InChI=1S/C31H23FN6/c1-20-27-28(21-16-18-22(32)19-17-21)37-26-15-9-8-14-25(26)34-29(33-23-10-4-2-5-11-23)31(37)35-30(27)38(36-20)24-12-6-3-7-13-24/h2-19,28H,1H3,(H,33,34). The SMILES string of the molecule is Cc1nn(-c2ccccc2)c2c1C(c1ccc(F)cc1)N1C(=N2)C(Nc2ccccc2)=Nc2ccccc21. The molecule has 0 aliphatic carbocycles. The van der Waals surface area contributed by atoms with Gasteiger partial charge in [-0.1, -0.05) is 60.7 Å². The summed E-state index contributed by atoms with van der Waals surface area (Å²) in [6.07, 6.45) is 0. The number of fused-ring (bicyclic) bond motifs is 4. The Hall–Kier alpha value is -5.04. The molecule has 0 radical (unpaired) electrons. The number of rotatable bonds is 3. The Morgan fingerprint density at radius 3 is 2.21 bits per heavy atom. The van der Waals surface area contributed by atoms with Gasteiger partial charge in [-0.25, -0.2) is 19.1 Å². The van der Waals surface area contributed by atoms with Gasteiger partial charge in [-0.15, -0.1) is 0 Å². The highest BCUT2D eigenvalue weighted by Crippen LogP contribution is 2.48. The fourth-order valence-corrected chi connectivity index (χ4v) is 5.17. The zero-order valence-corrected chi connectivity index (χ0v) is 20.6. The molecule has 1 atom stereocenters.